The van der Waals surface area contributed by atoms with Crippen molar-refractivity contribution in [2.24, 2.45) is 0 Å². The minimum absolute atomic E-state index is 0.103. The summed E-state index contributed by atoms with van der Waals surface area (Å²) in [5.41, 5.74) is 4.93. The number of halogens is 1. The molecule has 1 unspecified atom stereocenters. The van der Waals surface area contributed by atoms with Crippen LogP contribution in [-0.2, 0) is 21.4 Å². The first-order valence-corrected chi connectivity index (χ1v) is 12.7. The molecule has 7 nitrogen and oxygen atoms in total. The third kappa shape index (κ3) is 5.34. The maximum atomic E-state index is 13.2. The minimum atomic E-state index is -3.90. The van der Waals surface area contributed by atoms with Crippen molar-refractivity contribution in [1.82, 2.24) is 14.7 Å². The molecule has 9 heteroatoms. The molecule has 3 aromatic rings. The number of sulfonamides is 1. The number of benzene rings is 3. The largest absolute Gasteiger partial charge is 0.296 e. The van der Waals surface area contributed by atoms with Crippen LogP contribution in [0.5, 0.6) is 0 Å². The van der Waals surface area contributed by atoms with Gasteiger partial charge in [0.15, 0.2) is 0 Å². The van der Waals surface area contributed by atoms with Gasteiger partial charge in [-0.25, -0.2) is 13.9 Å². The molecule has 0 bridgehead atoms. The molecule has 0 radical (unpaired) electrons. The molecule has 1 fully saturated rings. The van der Waals surface area contributed by atoms with E-state index in [1.54, 1.807) is 17.6 Å². The van der Waals surface area contributed by atoms with Crippen LogP contribution in [0.1, 0.15) is 5.56 Å². The van der Waals surface area contributed by atoms with Crippen LogP contribution in [0.3, 0.4) is 0 Å². The van der Waals surface area contributed by atoms with E-state index in [2.05, 4.69) is 40.2 Å². The third-order valence-electron chi connectivity index (χ3n) is 5.72. The fraction of sp³-hybridized carbons (Fsp3) is 0.208. The summed E-state index contributed by atoms with van der Waals surface area (Å²) in [6.45, 7) is 1.34. The van der Waals surface area contributed by atoms with Crippen LogP contribution < -0.4 is 5.48 Å². The first kappa shape index (κ1) is 23.6. The molecular weight excluding hydrogens is 506 g/mol. The highest BCUT2D eigenvalue weighted by Gasteiger charge is 2.40. The molecule has 1 saturated heterocycles. The molecule has 1 atom stereocenters. The monoisotopic (exact) mass is 529 g/mol. The SMILES string of the molecule is O=C(NO)C1CN(Cc2ccc(-c3ccccc3)cc2)CCN1S(=O)(=O)c1ccc(Br)cc1. The van der Waals surface area contributed by atoms with E-state index in [1.165, 1.54) is 12.1 Å². The zero-order valence-corrected chi connectivity index (χ0v) is 20.2. The highest BCUT2D eigenvalue weighted by Crippen LogP contribution is 2.25. The number of nitrogens with one attached hydrogen (secondary N) is 1. The summed E-state index contributed by atoms with van der Waals surface area (Å²) in [5.74, 6) is -0.750. The molecule has 0 aliphatic carbocycles. The van der Waals surface area contributed by atoms with Crippen molar-refractivity contribution < 1.29 is 18.4 Å². The fourth-order valence-electron chi connectivity index (χ4n) is 3.98. The first-order valence-electron chi connectivity index (χ1n) is 10.5. The lowest BCUT2D eigenvalue weighted by Gasteiger charge is -2.39. The van der Waals surface area contributed by atoms with E-state index in [9.17, 15) is 18.4 Å². The van der Waals surface area contributed by atoms with Crippen molar-refractivity contribution >= 4 is 31.9 Å². The Balaban J connectivity index is 1.50. The molecule has 0 spiro atoms. The summed E-state index contributed by atoms with van der Waals surface area (Å²) in [4.78, 5) is 14.5. The van der Waals surface area contributed by atoms with Crippen LogP contribution in [0.25, 0.3) is 11.1 Å². The van der Waals surface area contributed by atoms with Gasteiger partial charge in [-0.15, -0.1) is 0 Å². The lowest BCUT2D eigenvalue weighted by atomic mass is 10.0. The summed E-state index contributed by atoms with van der Waals surface area (Å²) >= 11 is 3.30. The molecule has 33 heavy (non-hydrogen) atoms. The van der Waals surface area contributed by atoms with E-state index in [4.69, 9.17) is 0 Å². The van der Waals surface area contributed by atoms with Crippen LogP contribution in [0, 0.1) is 0 Å². The molecule has 0 saturated carbocycles. The molecule has 0 aromatic heterocycles. The number of rotatable bonds is 6. The predicted octanol–water partition coefficient (Wildman–Crippen LogP) is 3.50. The number of amides is 1. The molecule has 1 amide bonds. The van der Waals surface area contributed by atoms with Crippen molar-refractivity contribution in [3.63, 3.8) is 0 Å². The molecule has 2 N–H and O–H groups in total. The minimum Gasteiger partial charge on any atom is -0.296 e. The van der Waals surface area contributed by atoms with E-state index in [0.29, 0.717) is 13.1 Å². The van der Waals surface area contributed by atoms with Gasteiger partial charge in [-0.05, 0) is 41.0 Å². The van der Waals surface area contributed by atoms with Gasteiger partial charge in [-0.3, -0.25) is 14.9 Å². The van der Waals surface area contributed by atoms with Crippen molar-refractivity contribution in [2.75, 3.05) is 19.6 Å². The Morgan fingerprint density at radius 2 is 1.58 bits per heavy atom. The molecule has 172 valence electrons. The van der Waals surface area contributed by atoms with Gasteiger partial charge in [0, 0.05) is 30.7 Å². The zero-order valence-electron chi connectivity index (χ0n) is 17.8. The lowest BCUT2D eigenvalue weighted by molar-refractivity contribution is -0.135. The van der Waals surface area contributed by atoms with Gasteiger partial charge in [-0.1, -0.05) is 70.5 Å². The van der Waals surface area contributed by atoms with Gasteiger partial charge in [0.2, 0.25) is 10.0 Å². The zero-order chi connectivity index (χ0) is 23.4. The second-order valence-electron chi connectivity index (χ2n) is 7.86. The summed E-state index contributed by atoms with van der Waals surface area (Å²) < 4.78 is 28.3. The third-order valence-corrected chi connectivity index (χ3v) is 8.17. The standard InChI is InChI=1S/C24H24BrN3O4S/c25-21-10-12-22(13-11-21)33(31,32)28-15-14-27(17-23(28)24(29)26-30)16-18-6-8-20(9-7-18)19-4-2-1-3-5-19/h1-13,23,30H,14-17H2,(H,26,29). The van der Waals surface area contributed by atoms with Crippen molar-refractivity contribution in [3.8, 4) is 11.1 Å². The Morgan fingerprint density at radius 3 is 2.21 bits per heavy atom. The predicted molar refractivity (Wildman–Crippen MR) is 129 cm³/mol. The van der Waals surface area contributed by atoms with Crippen LogP contribution in [0.2, 0.25) is 0 Å². The van der Waals surface area contributed by atoms with Gasteiger partial charge in [-0.2, -0.15) is 4.31 Å². The number of piperazine rings is 1. The second-order valence-corrected chi connectivity index (χ2v) is 10.7. The number of hydroxylamine groups is 1. The van der Waals surface area contributed by atoms with E-state index in [-0.39, 0.29) is 18.0 Å². The normalized spacial score (nSPS) is 17.6. The Morgan fingerprint density at radius 1 is 0.939 bits per heavy atom. The Hall–Kier alpha value is -2.56. The molecule has 4 rings (SSSR count). The smallest absolute Gasteiger partial charge is 0.263 e. The lowest BCUT2D eigenvalue weighted by Crippen LogP contribution is -2.59. The summed E-state index contributed by atoms with van der Waals surface area (Å²) in [7, 11) is -3.90. The van der Waals surface area contributed by atoms with E-state index >= 15 is 0 Å². The summed E-state index contributed by atoms with van der Waals surface area (Å²) in [6, 6.07) is 23.5. The average molecular weight is 530 g/mol. The Kier molecular flexibility index (Phi) is 7.26. The quantitative estimate of drug-likeness (QED) is 0.376. The number of nitrogens with zero attached hydrogens (tertiary/aromatic N) is 2. The first-order chi connectivity index (χ1) is 15.9. The number of hydrogen-bond acceptors (Lipinski definition) is 5. The second kappa shape index (κ2) is 10.1. The number of hydrogen-bond donors (Lipinski definition) is 2. The molecule has 1 heterocycles. The number of carbonyl (C=O) groups excluding carboxylic acids is 1. The molecule has 1 aliphatic rings. The van der Waals surface area contributed by atoms with Gasteiger partial charge in [0.25, 0.3) is 5.91 Å². The van der Waals surface area contributed by atoms with Crippen LogP contribution >= 0.6 is 15.9 Å². The van der Waals surface area contributed by atoms with Gasteiger partial charge in [0.05, 0.1) is 4.90 Å². The van der Waals surface area contributed by atoms with Crippen LogP contribution in [0.15, 0.2) is 88.2 Å². The highest BCUT2D eigenvalue weighted by atomic mass is 79.9. The molecule has 1 aliphatic heterocycles. The van der Waals surface area contributed by atoms with Gasteiger partial charge >= 0.3 is 0 Å². The van der Waals surface area contributed by atoms with E-state index in [0.717, 1.165) is 25.5 Å². The molecular formula is C24H24BrN3O4S. The van der Waals surface area contributed by atoms with E-state index in [1.807, 2.05) is 35.2 Å². The number of carbonyl (C=O) groups is 1. The van der Waals surface area contributed by atoms with Crippen molar-refractivity contribution in [2.45, 2.75) is 17.5 Å². The van der Waals surface area contributed by atoms with E-state index < -0.39 is 22.0 Å². The van der Waals surface area contributed by atoms with Crippen molar-refractivity contribution in [1.29, 1.82) is 0 Å². The fourth-order valence-corrected chi connectivity index (χ4v) is 5.81. The van der Waals surface area contributed by atoms with Crippen molar-refractivity contribution in [3.05, 3.63) is 88.9 Å². The topological polar surface area (TPSA) is 89.9 Å². The van der Waals surface area contributed by atoms with Gasteiger partial charge in [0.1, 0.15) is 6.04 Å². The molecule has 3 aromatic carbocycles. The Bertz CT molecular complexity index is 1200. The maximum absolute atomic E-state index is 13.2. The maximum Gasteiger partial charge on any atom is 0.263 e. The Labute approximate surface area is 201 Å². The van der Waals surface area contributed by atoms with Crippen LogP contribution in [-0.4, -0.2) is 54.4 Å². The highest BCUT2D eigenvalue weighted by molar-refractivity contribution is 9.10. The average Bonchev–Trinajstić information content (AvgIpc) is 2.84. The van der Waals surface area contributed by atoms with Gasteiger partial charge < -0.3 is 0 Å². The summed E-state index contributed by atoms with van der Waals surface area (Å²) in [5, 5.41) is 9.25. The van der Waals surface area contributed by atoms with Crippen LogP contribution in [0.4, 0.5) is 0 Å². The summed E-state index contributed by atoms with van der Waals surface area (Å²) in [6.07, 6.45) is 0.